The molecule has 6 N–H and O–H groups in total. The van der Waals surface area contributed by atoms with Gasteiger partial charge in [0.15, 0.2) is 11.6 Å². The topological polar surface area (TPSA) is 272 Å². The monoisotopic (exact) mass is 643 g/mol. The molecule has 1 rings (SSSR count). The van der Waals surface area contributed by atoms with Crippen molar-refractivity contribution >= 4 is 47.3 Å². The number of hydrogen-bond donors (Lipinski definition) is 6. The largest absolute Gasteiger partial charge is 0.481 e. The van der Waals surface area contributed by atoms with E-state index in [0.717, 1.165) is 4.68 Å². The van der Waals surface area contributed by atoms with Gasteiger partial charge in [-0.05, 0) is 25.2 Å². The molecule has 0 aliphatic rings. The Bertz CT molecular complexity index is 1250. The first-order chi connectivity index (χ1) is 21.0. The van der Waals surface area contributed by atoms with Crippen molar-refractivity contribution in [2.45, 2.75) is 83.8 Å². The minimum atomic E-state index is -1.79. The maximum atomic E-state index is 13.3. The maximum Gasteiger partial charge on any atom is 0.326 e. The third-order valence-corrected chi connectivity index (χ3v) is 6.66. The molecule has 0 spiro atoms. The van der Waals surface area contributed by atoms with Crippen LogP contribution in [-0.4, -0.2) is 101 Å². The van der Waals surface area contributed by atoms with E-state index in [1.54, 1.807) is 0 Å². The summed E-state index contributed by atoms with van der Waals surface area (Å²) in [6.07, 6.45) is -2.10. The molecule has 18 heteroatoms. The van der Waals surface area contributed by atoms with Gasteiger partial charge in [0.05, 0.1) is 37.2 Å². The van der Waals surface area contributed by atoms with Crippen LogP contribution >= 0.6 is 0 Å². The van der Waals surface area contributed by atoms with E-state index >= 15 is 0 Å². The Hall–Kier alpha value is -4.77. The average molecular weight is 644 g/mol. The van der Waals surface area contributed by atoms with Gasteiger partial charge in [-0.1, -0.05) is 19.1 Å². The van der Waals surface area contributed by atoms with Gasteiger partial charge in [-0.25, -0.2) is 9.48 Å². The second kappa shape index (κ2) is 18.8. The van der Waals surface area contributed by atoms with Crippen molar-refractivity contribution in [3.63, 3.8) is 0 Å². The molecule has 0 saturated carbocycles. The van der Waals surface area contributed by atoms with Crippen LogP contribution in [0.25, 0.3) is 0 Å². The Morgan fingerprint density at radius 2 is 1.47 bits per heavy atom. The second-order valence-electron chi connectivity index (χ2n) is 10.7. The van der Waals surface area contributed by atoms with Crippen LogP contribution in [0.2, 0.25) is 0 Å². The Labute approximate surface area is 256 Å². The Balaban J connectivity index is 3.09. The number of aromatic nitrogens is 3. The summed E-state index contributed by atoms with van der Waals surface area (Å²) >= 11 is 0. The third kappa shape index (κ3) is 14.5. The zero-order chi connectivity index (χ0) is 34.3. The zero-order valence-corrected chi connectivity index (χ0v) is 24.8. The maximum absolute atomic E-state index is 13.3. The molecule has 45 heavy (non-hydrogen) atoms. The molecule has 0 radical (unpaired) electrons. The molecule has 2 amide bonds. The van der Waals surface area contributed by atoms with Crippen LogP contribution in [0.3, 0.4) is 0 Å². The van der Waals surface area contributed by atoms with Crippen LogP contribution in [0, 0.1) is 17.8 Å². The van der Waals surface area contributed by atoms with Gasteiger partial charge in [0.2, 0.25) is 11.8 Å². The van der Waals surface area contributed by atoms with E-state index in [2.05, 4.69) is 20.9 Å². The first-order valence-corrected chi connectivity index (χ1v) is 14.0. The molecule has 250 valence electrons. The Morgan fingerprint density at radius 1 is 0.844 bits per heavy atom. The molecule has 0 aromatic carbocycles. The molecule has 1 aromatic heterocycles. The number of carbonyl (C=O) groups excluding carboxylic acids is 4. The first-order valence-electron chi connectivity index (χ1n) is 14.0. The summed E-state index contributed by atoms with van der Waals surface area (Å²) in [7, 11) is 0. The Morgan fingerprint density at radius 3 is 2.00 bits per heavy atom. The Kier molecular flexibility index (Phi) is 16.0. The summed E-state index contributed by atoms with van der Waals surface area (Å²) in [4.78, 5) is 97.0. The highest BCUT2D eigenvalue weighted by molar-refractivity contribution is 5.96. The van der Waals surface area contributed by atoms with Crippen molar-refractivity contribution in [2.24, 2.45) is 17.8 Å². The predicted molar refractivity (Wildman–Crippen MR) is 148 cm³/mol. The molecule has 0 unspecified atom stereocenters. The number of rotatable bonds is 23. The number of aliphatic carboxylic acids is 4. The molecule has 0 bridgehead atoms. The fourth-order valence-electron chi connectivity index (χ4n) is 4.28. The number of Topliss-reactive ketones (excluding diaryl/α,β-unsaturated/α-hetero) is 2. The zero-order valence-electron chi connectivity index (χ0n) is 24.8. The minimum absolute atomic E-state index is 0.200. The van der Waals surface area contributed by atoms with E-state index in [-0.39, 0.29) is 19.4 Å². The van der Waals surface area contributed by atoms with Crippen molar-refractivity contribution in [3.8, 4) is 0 Å². The van der Waals surface area contributed by atoms with Crippen LogP contribution in [-0.2, 0) is 51.3 Å². The highest BCUT2D eigenvalue weighted by Crippen LogP contribution is 2.20. The van der Waals surface area contributed by atoms with Crippen LogP contribution in [0.15, 0.2) is 6.20 Å². The lowest BCUT2D eigenvalue weighted by Crippen LogP contribution is -2.48. The number of halogens is 1. The third-order valence-electron chi connectivity index (χ3n) is 6.66. The number of carboxylic acids is 4. The number of hydrogen-bond acceptors (Lipinski definition) is 10. The van der Waals surface area contributed by atoms with E-state index in [1.807, 2.05) is 0 Å². The molecular weight excluding hydrogens is 605 g/mol. The van der Waals surface area contributed by atoms with E-state index in [4.69, 9.17) is 10.2 Å². The van der Waals surface area contributed by atoms with Crippen molar-refractivity contribution in [1.29, 1.82) is 0 Å². The summed E-state index contributed by atoms with van der Waals surface area (Å²) in [5.41, 5.74) is 0.425. The molecule has 17 nitrogen and oxygen atoms in total. The number of ketones is 2. The highest BCUT2D eigenvalue weighted by Gasteiger charge is 2.34. The van der Waals surface area contributed by atoms with Crippen molar-refractivity contribution in [2.75, 3.05) is 6.67 Å². The van der Waals surface area contributed by atoms with Crippen LogP contribution in [0.5, 0.6) is 0 Å². The summed E-state index contributed by atoms with van der Waals surface area (Å²) in [5, 5.41) is 48.6. The second-order valence-corrected chi connectivity index (χ2v) is 10.7. The lowest BCUT2D eigenvalue weighted by molar-refractivity contribution is -0.148. The van der Waals surface area contributed by atoms with Crippen LogP contribution in [0.4, 0.5) is 4.39 Å². The first kappa shape index (κ1) is 38.3. The quantitative estimate of drug-likeness (QED) is 0.0906. The molecule has 1 aromatic rings. The van der Waals surface area contributed by atoms with Gasteiger partial charge in [0.1, 0.15) is 12.6 Å². The van der Waals surface area contributed by atoms with Crippen molar-refractivity contribution < 1.29 is 63.2 Å². The molecule has 0 aliphatic carbocycles. The van der Waals surface area contributed by atoms with E-state index < -0.39 is 122 Å². The van der Waals surface area contributed by atoms with Gasteiger partial charge in [-0.15, -0.1) is 5.10 Å². The highest BCUT2D eigenvalue weighted by atomic mass is 19.1. The lowest BCUT2D eigenvalue weighted by Gasteiger charge is -2.25. The standard InChI is InChI=1S/C27H38FN5O12/c1-14(2)18(26(43)30-20(27(44)45)11-24(40)41)10-21(35)19(5-6-22(36)37)29-25(42)15(9-23(38)39)8-17(34)13-33-12-16(31-32-33)4-3-7-28/h12,14-15,18-20H,3-11,13H2,1-2H3,(H,29,42)(H,30,43)(H,36,37)(H,38,39)(H,40,41)(H,44,45)/t15-,18-,19-,20-/m0/s1. The number of aryl methyl sites for hydroxylation is 1. The van der Waals surface area contributed by atoms with Gasteiger partial charge in [-0.2, -0.15) is 0 Å². The average Bonchev–Trinajstić information content (AvgIpc) is 3.37. The molecule has 0 aliphatic heterocycles. The summed E-state index contributed by atoms with van der Waals surface area (Å²) in [5.74, 6) is -12.6. The van der Waals surface area contributed by atoms with E-state index in [0.29, 0.717) is 5.69 Å². The summed E-state index contributed by atoms with van der Waals surface area (Å²) in [6.45, 7) is 2.11. The summed E-state index contributed by atoms with van der Waals surface area (Å²) < 4.78 is 13.5. The number of amides is 2. The van der Waals surface area contributed by atoms with Gasteiger partial charge in [0.25, 0.3) is 0 Å². The van der Waals surface area contributed by atoms with Crippen molar-refractivity contribution in [1.82, 2.24) is 25.6 Å². The van der Waals surface area contributed by atoms with E-state index in [9.17, 15) is 53.0 Å². The molecule has 0 fully saturated rings. The number of carbonyl (C=O) groups is 8. The number of nitrogens with zero attached hydrogens (tertiary/aromatic N) is 3. The molecular formula is C27H38FN5O12. The van der Waals surface area contributed by atoms with Gasteiger partial charge in [0, 0.05) is 31.4 Å². The fraction of sp³-hybridized carbons (Fsp3) is 0.630. The van der Waals surface area contributed by atoms with Crippen LogP contribution in [0.1, 0.15) is 64.5 Å². The molecule has 1 heterocycles. The minimum Gasteiger partial charge on any atom is -0.481 e. The smallest absolute Gasteiger partial charge is 0.326 e. The SMILES string of the molecule is CC(C)[C@H](CC(=O)[C@H](CCC(=O)O)NC(=O)[C@H](CC(=O)O)CC(=O)Cn1cc(CCCF)nn1)C(=O)N[C@@H](CC(=O)O)C(=O)O. The van der Waals surface area contributed by atoms with Gasteiger partial charge in [-0.3, -0.25) is 38.0 Å². The fourth-order valence-corrected chi connectivity index (χ4v) is 4.28. The lowest BCUT2D eigenvalue weighted by atomic mass is 9.86. The number of nitrogens with one attached hydrogen (secondary N) is 2. The number of alkyl halides is 1. The predicted octanol–water partition coefficient (Wildman–Crippen LogP) is -0.145. The van der Waals surface area contributed by atoms with Gasteiger partial charge < -0.3 is 31.1 Å². The molecule has 4 atom stereocenters. The van der Waals surface area contributed by atoms with Crippen LogP contribution < -0.4 is 10.6 Å². The number of carboxylic acid groups (broad SMARTS) is 4. The summed E-state index contributed by atoms with van der Waals surface area (Å²) in [6, 6.07) is -3.31. The van der Waals surface area contributed by atoms with E-state index in [1.165, 1.54) is 20.0 Å². The van der Waals surface area contributed by atoms with Gasteiger partial charge >= 0.3 is 23.9 Å². The molecule has 0 saturated heterocycles. The normalized spacial score (nSPS) is 13.7. The van der Waals surface area contributed by atoms with Crippen molar-refractivity contribution in [3.05, 3.63) is 11.9 Å².